The standard InChI is InChI=1S/C13H24N2S/c1-9(2)12(6-14)7-15-8-13-5-10(3)11(4)16-13/h5,9,12,15H,6-8,14H2,1-4H3. The Labute approximate surface area is 103 Å². The lowest BCUT2D eigenvalue weighted by molar-refractivity contribution is 0.371. The molecular formula is C13H24N2S. The molecule has 0 fully saturated rings. The third-order valence-corrected chi connectivity index (χ3v) is 4.32. The number of rotatable bonds is 6. The second-order valence-corrected chi connectivity index (χ2v) is 6.16. The molecule has 0 saturated carbocycles. The topological polar surface area (TPSA) is 38.0 Å². The maximum Gasteiger partial charge on any atom is 0.0300 e. The van der Waals surface area contributed by atoms with Gasteiger partial charge in [0.25, 0.3) is 0 Å². The molecule has 92 valence electrons. The van der Waals surface area contributed by atoms with Crippen LogP contribution in [0.5, 0.6) is 0 Å². The fraction of sp³-hybridized carbons (Fsp3) is 0.692. The van der Waals surface area contributed by atoms with E-state index >= 15 is 0 Å². The van der Waals surface area contributed by atoms with E-state index in [1.165, 1.54) is 15.3 Å². The van der Waals surface area contributed by atoms with Crippen LogP contribution in [0.3, 0.4) is 0 Å². The molecule has 1 rings (SSSR count). The van der Waals surface area contributed by atoms with Gasteiger partial charge >= 0.3 is 0 Å². The highest BCUT2D eigenvalue weighted by Crippen LogP contribution is 2.20. The van der Waals surface area contributed by atoms with Crippen molar-refractivity contribution in [1.82, 2.24) is 5.32 Å². The average molecular weight is 240 g/mol. The molecule has 0 bridgehead atoms. The van der Waals surface area contributed by atoms with Crippen LogP contribution in [0.2, 0.25) is 0 Å². The zero-order chi connectivity index (χ0) is 12.1. The molecule has 1 aromatic heterocycles. The van der Waals surface area contributed by atoms with Crippen molar-refractivity contribution < 1.29 is 0 Å². The summed E-state index contributed by atoms with van der Waals surface area (Å²) in [6, 6.07) is 2.28. The Balaban J connectivity index is 2.35. The van der Waals surface area contributed by atoms with Gasteiger partial charge in [0.1, 0.15) is 0 Å². The fourth-order valence-electron chi connectivity index (χ4n) is 1.71. The van der Waals surface area contributed by atoms with E-state index < -0.39 is 0 Å². The average Bonchev–Trinajstić information content (AvgIpc) is 2.53. The Morgan fingerprint density at radius 3 is 2.50 bits per heavy atom. The first kappa shape index (κ1) is 13.7. The van der Waals surface area contributed by atoms with E-state index in [9.17, 15) is 0 Å². The zero-order valence-electron chi connectivity index (χ0n) is 10.8. The van der Waals surface area contributed by atoms with Gasteiger partial charge in [-0.3, -0.25) is 0 Å². The van der Waals surface area contributed by atoms with E-state index in [0.29, 0.717) is 11.8 Å². The molecule has 2 nitrogen and oxygen atoms in total. The lowest BCUT2D eigenvalue weighted by Crippen LogP contribution is -2.31. The van der Waals surface area contributed by atoms with Gasteiger partial charge in [-0.25, -0.2) is 0 Å². The molecule has 3 N–H and O–H groups in total. The highest BCUT2D eigenvalue weighted by atomic mass is 32.1. The van der Waals surface area contributed by atoms with Crippen molar-refractivity contribution in [3.05, 3.63) is 21.4 Å². The van der Waals surface area contributed by atoms with Crippen LogP contribution in [0.4, 0.5) is 0 Å². The third-order valence-electron chi connectivity index (χ3n) is 3.17. The largest absolute Gasteiger partial charge is 0.330 e. The normalized spacial score (nSPS) is 13.4. The number of nitrogens with one attached hydrogen (secondary N) is 1. The lowest BCUT2D eigenvalue weighted by Gasteiger charge is -2.18. The molecule has 0 aliphatic heterocycles. The summed E-state index contributed by atoms with van der Waals surface area (Å²) in [5.74, 6) is 1.24. The Kier molecular flexibility index (Phi) is 5.46. The summed E-state index contributed by atoms with van der Waals surface area (Å²) in [5.41, 5.74) is 7.15. The van der Waals surface area contributed by atoms with Crippen LogP contribution in [-0.2, 0) is 6.54 Å². The number of nitrogens with two attached hydrogens (primary N) is 1. The summed E-state index contributed by atoms with van der Waals surface area (Å²) in [6.07, 6.45) is 0. The molecule has 0 spiro atoms. The molecule has 1 atom stereocenters. The fourth-order valence-corrected chi connectivity index (χ4v) is 2.73. The molecule has 0 saturated heterocycles. The molecule has 0 aromatic carbocycles. The van der Waals surface area contributed by atoms with Gasteiger partial charge in [0.2, 0.25) is 0 Å². The van der Waals surface area contributed by atoms with Crippen molar-refractivity contribution in [2.45, 2.75) is 34.2 Å². The quantitative estimate of drug-likeness (QED) is 0.802. The van der Waals surface area contributed by atoms with E-state index in [-0.39, 0.29) is 0 Å². The zero-order valence-corrected chi connectivity index (χ0v) is 11.7. The molecule has 0 radical (unpaired) electrons. The molecule has 3 heteroatoms. The highest BCUT2D eigenvalue weighted by Gasteiger charge is 2.10. The number of hydrogen-bond acceptors (Lipinski definition) is 3. The first-order chi connectivity index (χ1) is 7.54. The van der Waals surface area contributed by atoms with Crippen molar-refractivity contribution in [3.8, 4) is 0 Å². The van der Waals surface area contributed by atoms with Gasteiger partial charge in [-0.2, -0.15) is 0 Å². The first-order valence-corrected chi connectivity index (χ1v) is 6.83. The number of hydrogen-bond donors (Lipinski definition) is 2. The van der Waals surface area contributed by atoms with E-state index in [1.807, 2.05) is 11.3 Å². The minimum atomic E-state index is 0.585. The molecule has 0 aliphatic carbocycles. The van der Waals surface area contributed by atoms with Crippen molar-refractivity contribution in [2.75, 3.05) is 13.1 Å². The van der Waals surface area contributed by atoms with E-state index in [0.717, 1.165) is 19.6 Å². The highest BCUT2D eigenvalue weighted by molar-refractivity contribution is 7.12. The monoisotopic (exact) mass is 240 g/mol. The summed E-state index contributed by atoms with van der Waals surface area (Å²) >= 11 is 1.89. The van der Waals surface area contributed by atoms with Gasteiger partial charge in [0.15, 0.2) is 0 Å². The third kappa shape index (κ3) is 3.89. The Morgan fingerprint density at radius 1 is 1.38 bits per heavy atom. The van der Waals surface area contributed by atoms with Crippen LogP contribution in [0.25, 0.3) is 0 Å². The molecule has 1 heterocycles. The summed E-state index contributed by atoms with van der Waals surface area (Å²) in [6.45, 7) is 11.6. The maximum absolute atomic E-state index is 5.74. The minimum absolute atomic E-state index is 0.585. The maximum atomic E-state index is 5.74. The van der Waals surface area contributed by atoms with E-state index in [2.05, 4.69) is 39.1 Å². The molecule has 1 aromatic rings. The van der Waals surface area contributed by atoms with Crippen LogP contribution in [-0.4, -0.2) is 13.1 Å². The van der Waals surface area contributed by atoms with Crippen molar-refractivity contribution >= 4 is 11.3 Å². The summed E-state index contributed by atoms with van der Waals surface area (Å²) in [4.78, 5) is 2.85. The van der Waals surface area contributed by atoms with Crippen LogP contribution < -0.4 is 11.1 Å². The van der Waals surface area contributed by atoms with Crippen molar-refractivity contribution in [2.24, 2.45) is 17.6 Å². The van der Waals surface area contributed by atoms with Gasteiger partial charge < -0.3 is 11.1 Å². The van der Waals surface area contributed by atoms with Crippen LogP contribution in [0.15, 0.2) is 6.07 Å². The van der Waals surface area contributed by atoms with Gasteiger partial charge in [-0.15, -0.1) is 11.3 Å². The van der Waals surface area contributed by atoms with E-state index in [1.54, 1.807) is 0 Å². The van der Waals surface area contributed by atoms with Crippen LogP contribution in [0.1, 0.15) is 29.2 Å². The second-order valence-electron chi connectivity index (χ2n) is 4.82. The van der Waals surface area contributed by atoms with Gasteiger partial charge in [-0.05, 0) is 50.4 Å². The summed E-state index contributed by atoms with van der Waals surface area (Å²) < 4.78 is 0. The predicted octanol–water partition coefficient (Wildman–Crippen LogP) is 2.69. The SMILES string of the molecule is Cc1cc(CNCC(CN)C(C)C)sc1C. The van der Waals surface area contributed by atoms with Crippen LogP contribution >= 0.6 is 11.3 Å². The Hall–Kier alpha value is -0.380. The summed E-state index contributed by atoms with van der Waals surface area (Å²) in [7, 11) is 0. The first-order valence-electron chi connectivity index (χ1n) is 6.01. The van der Waals surface area contributed by atoms with Gasteiger partial charge in [-0.1, -0.05) is 13.8 Å². The van der Waals surface area contributed by atoms with E-state index in [4.69, 9.17) is 5.73 Å². The number of aryl methyl sites for hydroxylation is 2. The Bertz CT molecular complexity index is 298. The molecular weight excluding hydrogens is 216 g/mol. The van der Waals surface area contributed by atoms with Crippen molar-refractivity contribution in [3.63, 3.8) is 0 Å². The molecule has 0 aliphatic rings. The van der Waals surface area contributed by atoms with Crippen molar-refractivity contribution in [1.29, 1.82) is 0 Å². The van der Waals surface area contributed by atoms with Gasteiger partial charge in [0.05, 0.1) is 0 Å². The predicted molar refractivity (Wildman–Crippen MR) is 72.9 cm³/mol. The Morgan fingerprint density at radius 2 is 2.06 bits per heavy atom. The lowest BCUT2D eigenvalue weighted by atomic mass is 9.96. The van der Waals surface area contributed by atoms with Gasteiger partial charge in [0, 0.05) is 16.3 Å². The molecule has 0 amide bonds. The summed E-state index contributed by atoms with van der Waals surface area (Å²) in [5, 5.41) is 3.50. The van der Waals surface area contributed by atoms with Crippen LogP contribution in [0, 0.1) is 25.7 Å². The number of thiophene rings is 1. The molecule has 1 unspecified atom stereocenters. The smallest absolute Gasteiger partial charge is 0.0300 e. The minimum Gasteiger partial charge on any atom is -0.330 e. The second kappa shape index (κ2) is 6.38. The molecule has 16 heavy (non-hydrogen) atoms.